The number of nitrogens with two attached hydrogens (primary N) is 2. The molecule has 4 heteroatoms. The summed E-state index contributed by atoms with van der Waals surface area (Å²) in [6.45, 7) is 0. The molecule has 0 aromatic heterocycles. The van der Waals surface area contributed by atoms with Crippen molar-refractivity contribution in [1.29, 1.82) is 0 Å². The molecule has 4 nitrogen and oxygen atoms in total. The van der Waals surface area contributed by atoms with Crippen molar-refractivity contribution in [1.82, 2.24) is 0 Å². The molecule has 33 heavy (non-hydrogen) atoms. The predicted octanol–water partition coefficient (Wildman–Crippen LogP) is 4.63. The molecule has 0 amide bonds. The van der Waals surface area contributed by atoms with Gasteiger partial charge >= 0.3 is 0 Å². The molecule has 1 aliphatic rings. The lowest BCUT2D eigenvalue weighted by Crippen LogP contribution is -2.21. The van der Waals surface area contributed by atoms with Crippen LogP contribution in [-0.2, 0) is 5.41 Å². The number of phenolic OH excluding ortho intramolecular Hbond substituents is 2. The Balaban J connectivity index is 1.80. The van der Waals surface area contributed by atoms with Gasteiger partial charge in [0.25, 0.3) is 0 Å². The highest BCUT2D eigenvalue weighted by atomic mass is 16.3. The van der Waals surface area contributed by atoms with E-state index in [4.69, 9.17) is 11.5 Å². The Morgan fingerprint density at radius 3 is 1.42 bits per heavy atom. The second-order valence-corrected chi connectivity index (χ2v) is 7.82. The second-order valence-electron chi connectivity index (χ2n) is 7.82. The molecule has 0 atom stereocenters. The maximum absolute atomic E-state index is 10.0. The first-order chi connectivity index (χ1) is 16.0. The standard InChI is InChI=1S/C29H20N2O2/c30-27-19(7-5-13-25(27)32)15-17-29(18-16-20-8-6-14-26(33)28(20)31)23-11-3-1-9-21(23)22-10-2-4-12-24(22)29/h1-14,32-33H,30-31H2. The van der Waals surface area contributed by atoms with Crippen LogP contribution in [0.4, 0.5) is 11.4 Å². The third-order valence-corrected chi connectivity index (χ3v) is 5.89. The molecule has 4 aromatic rings. The number of hydrogen-bond acceptors (Lipinski definition) is 4. The van der Waals surface area contributed by atoms with Crippen LogP contribution in [-0.4, -0.2) is 10.2 Å². The quantitative estimate of drug-likeness (QED) is 0.187. The number of rotatable bonds is 0. The molecule has 0 radical (unpaired) electrons. The molecule has 0 aliphatic heterocycles. The zero-order valence-electron chi connectivity index (χ0n) is 17.6. The molecule has 4 aromatic carbocycles. The van der Waals surface area contributed by atoms with Crippen molar-refractivity contribution >= 4 is 11.4 Å². The first kappa shape index (κ1) is 20.1. The topological polar surface area (TPSA) is 92.5 Å². The van der Waals surface area contributed by atoms with Crippen molar-refractivity contribution in [3.05, 3.63) is 107 Å². The molecule has 158 valence electrons. The molecule has 0 spiro atoms. The van der Waals surface area contributed by atoms with Crippen molar-refractivity contribution in [2.24, 2.45) is 0 Å². The molecule has 0 heterocycles. The van der Waals surface area contributed by atoms with Crippen LogP contribution in [0.15, 0.2) is 84.9 Å². The largest absolute Gasteiger partial charge is 0.506 e. The van der Waals surface area contributed by atoms with Crippen LogP contribution in [0.5, 0.6) is 11.5 Å². The maximum atomic E-state index is 10.0. The summed E-state index contributed by atoms with van der Waals surface area (Å²) in [5.74, 6) is 13.1. The number of phenols is 2. The number of nitrogen functional groups attached to an aromatic ring is 2. The summed E-state index contributed by atoms with van der Waals surface area (Å²) in [5.41, 5.74) is 16.7. The minimum Gasteiger partial charge on any atom is -0.506 e. The van der Waals surface area contributed by atoms with Gasteiger partial charge in [-0.05, 0) is 46.5 Å². The van der Waals surface area contributed by atoms with E-state index < -0.39 is 5.41 Å². The highest BCUT2D eigenvalue weighted by molar-refractivity contribution is 5.86. The van der Waals surface area contributed by atoms with Crippen molar-refractivity contribution in [2.45, 2.75) is 5.41 Å². The van der Waals surface area contributed by atoms with E-state index in [0.29, 0.717) is 11.1 Å². The van der Waals surface area contributed by atoms with Gasteiger partial charge in [-0.2, -0.15) is 0 Å². The van der Waals surface area contributed by atoms with Crippen LogP contribution in [0.25, 0.3) is 11.1 Å². The molecule has 5 rings (SSSR count). The van der Waals surface area contributed by atoms with Crippen LogP contribution in [0, 0.1) is 23.7 Å². The van der Waals surface area contributed by atoms with Crippen LogP contribution in [0.3, 0.4) is 0 Å². The molecule has 0 bridgehead atoms. The van der Waals surface area contributed by atoms with E-state index in [0.717, 1.165) is 22.3 Å². The van der Waals surface area contributed by atoms with E-state index in [1.165, 1.54) is 12.1 Å². The fourth-order valence-corrected chi connectivity index (χ4v) is 4.18. The van der Waals surface area contributed by atoms with Crippen molar-refractivity contribution < 1.29 is 10.2 Å². The summed E-state index contributed by atoms with van der Waals surface area (Å²) >= 11 is 0. The van der Waals surface area contributed by atoms with Gasteiger partial charge in [0, 0.05) is 0 Å². The van der Waals surface area contributed by atoms with Crippen molar-refractivity contribution in [2.75, 3.05) is 11.5 Å². The summed E-state index contributed by atoms with van der Waals surface area (Å²) in [5, 5.41) is 20.0. The summed E-state index contributed by atoms with van der Waals surface area (Å²) in [7, 11) is 0. The van der Waals surface area contributed by atoms with Gasteiger partial charge in [0.2, 0.25) is 0 Å². The van der Waals surface area contributed by atoms with Crippen LogP contribution in [0.1, 0.15) is 22.3 Å². The smallest absolute Gasteiger partial charge is 0.143 e. The summed E-state index contributed by atoms with van der Waals surface area (Å²) in [6.07, 6.45) is 0. The minimum absolute atomic E-state index is 0.0123. The zero-order valence-corrected chi connectivity index (χ0v) is 17.6. The Morgan fingerprint density at radius 2 is 0.970 bits per heavy atom. The zero-order chi connectivity index (χ0) is 23.0. The van der Waals surface area contributed by atoms with E-state index in [1.807, 2.05) is 36.4 Å². The Hall–Kier alpha value is -4.80. The number of anilines is 2. The van der Waals surface area contributed by atoms with E-state index in [1.54, 1.807) is 24.3 Å². The van der Waals surface area contributed by atoms with Crippen molar-refractivity contribution in [3.8, 4) is 46.3 Å². The molecule has 1 aliphatic carbocycles. The van der Waals surface area contributed by atoms with Crippen molar-refractivity contribution in [3.63, 3.8) is 0 Å². The molecular weight excluding hydrogens is 408 g/mol. The van der Waals surface area contributed by atoms with Crippen LogP contribution >= 0.6 is 0 Å². The number of para-hydroxylation sites is 2. The minimum atomic E-state index is -0.955. The average Bonchev–Trinajstić information content (AvgIpc) is 3.11. The predicted molar refractivity (Wildman–Crippen MR) is 131 cm³/mol. The Bertz CT molecular complexity index is 1410. The number of fused-ring (bicyclic) bond motifs is 3. The third-order valence-electron chi connectivity index (χ3n) is 5.89. The van der Waals surface area contributed by atoms with Crippen LogP contribution in [0.2, 0.25) is 0 Å². The molecule has 0 unspecified atom stereocenters. The van der Waals surface area contributed by atoms with E-state index in [-0.39, 0.29) is 22.9 Å². The first-order valence-corrected chi connectivity index (χ1v) is 10.4. The van der Waals surface area contributed by atoms with Gasteiger partial charge in [0.15, 0.2) is 0 Å². The average molecular weight is 428 g/mol. The fourth-order valence-electron chi connectivity index (χ4n) is 4.18. The monoisotopic (exact) mass is 428 g/mol. The lowest BCUT2D eigenvalue weighted by Gasteiger charge is -2.20. The first-order valence-electron chi connectivity index (χ1n) is 10.4. The Kier molecular flexibility index (Phi) is 4.70. The maximum Gasteiger partial charge on any atom is 0.143 e. The molecule has 6 N–H and O–H groups in total. The Labute approximate surface area is 192 Å². The molecule has 0 saturated heterocycles. The van der Waals surface area contributed by atoms with Gasteiger partial charge in [-0.25, -0.2) is 0 Å². The number of benzene rings is 4. The van der Waals surface area contributed by atoms with Gasteiger partial charge in [-0.15, -0.1) is 0 Å². The van der Waals surface area contributed by atoms with Gasteiger partial charge < -0.3 is 21.7 Å². The van der Waals surface area contributed by atoms with Gasteiger partial charge in [0.05, 0.1) is 22.5 Å². The normalized spacial score (nSPS) is 12.5. The van der Waals surface area contributed by atoms with E-state index >= 15 is 0 Å². The molecule has 0 fully saturated rings. The number of hydrogen-bond donors (Lipinski definition) is 4. The van der Waals surface area contributed by atoms with Gasteiger partial charge in [0.1, 0.15) is 16.9 Å². The van der Waals surface area contributed by atoms with Crippen LogP contribution < -0.4 is 11.5 Å². The SMILES string of the molecule is Nc1c(O)cccc1C#CC1(C#Cc2cccc(O)c2N)c2ccccc2-c2ccccc21. The molecule has 0 saturated carbocycles. The third kappa shape index (κ3) is 3.22. The van der Waals surface area contributed by atoms with Gasteiger partial charge in [-0.1, -0.05) is 84.3 Å². The van der Waals surface area contributed by atoms with E-state index in [9.17, 15) is 10.2 Å². The summed E-state index contributed by atoms with van der Waals surface area (Å²) < 4.78 is 0. The fraction of sp³-hybridized carbons (Fsp3) is 0.0345. The second kappa shape index (κ2) is 7.71. The summed E-state index contributed by atoms with van der Waals surface area (Å²) in [6, 6.07) is 26.1. The summed E-state index contributed by atoms with van der Waals surface area (Å²) in [4.78, 5) is 0. The molecular formula is C29H20N2O2. The lowest BCUT2D eigenvalue weighted by atomic mass is 9.79. The lowest BCUT2D eigenvalue weighted by molar-refractivity contribution is 0.477. The Morgan fingerprint density at radius 1 is 0.545 bits per heavy atom. The highest BCUT2D eigenvalue weighted by Crippen LogP contribution is 2.48. The number of aromatic hydroxyl groups is 2. The highest BCUT2D eigenvalue weighted by Gasteiger charge is 2.40. The van der Waals surface area contributed by atoms with Gasteiger partial charge in [-0.3, -0.25) is 0 Å². The van der Waals surface area contributed by atoms with E-state index in [2.05, 4.69) is 35.8 Å².